The van der Waals surface area contributed by atoms with Crippen molar-refractivity contribution in [3.63, 3.8) is 0 Å². The smallest absolute Gasteiger partial charge is 0.135 e. The lowest BCUT2D eigenvalue weighted by Gasteiger charge is -2.36. The summed E-state index contributed by atoms with van der Waals surface area (Å²) < 4.78 is 6.22. The van der Waals surface area contributed by atoms with Gasteiger partial charge in [0.05, 0.1) is 0 Å². The Morgan fingerprint density at radius 2 is 1.45 bits per heavy atom. The molecule has 0 aliphatic carbocycles. The van der Waals surface area contributed by atoms with Crippen LogP contribution in [0.25, 0.3) is 11.6 Å². The van der Waals surface area contributed by atoms with Crippen LogP contribution in [-0.4, -0.2) is 37.6 Å². The Labute approximate surface area is 176 Å². The van der Waals surface area contributed by atoms with E-state index in [1.54, 1.807) is 0 Å². The number of para-hydroxylation sites is 2. The van der Waals surface area contributed by atoms with Crippen LogP contribution in [0.5, 0.6) is 11.5 Å². The molecule has 4 heteroatoms. The standard InChI is InChI=1S/C25H23ClN2O/c26-21-9-11-22(12-10-21)28-15-13-27(14-16-28)18-20-17-19-5-1-3-7-24(19)29-25-8-4-2-6-23(20)25/h1-12,17H,13-16,18H2. The molecule has 2 aliphatic rings. The lowest BCUT2D eigenvalue weighted by molar-refractivity contribution is 0.288. The van der Waals surface area contributed by atoms with Gasteiger partial charge >= 0.3 is 0 Å². The summed E-state index contributed by atoms with van der Waals surface area (Å²) in [7, 11) is 0. The molecule has 0 spiro atoms. The molecule has 2 heterocycles. The topological polar surface area (TPSA) is 15.7 Å². The van der Waals surface area contributed by atoms with E-state index in [1.165, 1.54) is 16.8 Å². The molecule has 0 amide bonds. The predicted molar refractivity (Wildman–Crippen MR) is 121 cm³/mol. The van der Waals surface area contributed by atoms with Crippen molar-refractivity contribution in [1.82, 2.24) is 4.90 Å². The molecule has 3 nitrogen and oxygen atoms in total. The minimum Gasteiger partial charge on any atom is -0.456 e. The Morgan fingerprint density at radius 1 is 0.759 bits per heavy atom. The van der Waals surface area contributed by atoms with Crippen molar-refractivity contribution < 1.29 is 4.74 Å². The first kappa shape index (κ1) is 18.3. The van der Waals surface area contributed by atoms with Gasteiger partial charge < -0.3 is 9.64 Å². The van der Waals surface area contributed by atoms with Crippen LogP contribution in [0.15, 0.2) is 72.8 Å². The molecule has 29 heavy (non-hydrogen) atoms. The highest BCUT2D eigenvalue weighted by Crippen LogP contribution is 2.38. The van der Waals surface area contributed by atoms with Crippen molar-refractivity contribution in [2.45, 2.75) is 0 Å². The monoisotopic (exact) mass is 402 g/mol. The van der Waals surface area contributed by atoms with Gasteiger partial charge in [-0.05, 0) is 48.0 Å². The summed E-state index contributed by atoms with van der Waals surface area (Å²) in [5, 5.41) is 0.786. The van der Waals surface area contributed by atoms with Crippen molar-refractivity contribution in [3.05, 3.63) is 88.9 Å². The molecule has 0 unspecified atom stereocenters. The minimum absolute atomic E-state index is 0.786. The summed E-state index contributed by atoms with van der Waals surface area (Å²) in [4.78, 5) is 4.96. The zero-order valence-corrected chi connectivity index (χ0v) is 17.0. The maximum absolute atomic E-state index is 6.22. The molecule has 1 saturated heterocycles. The molecular formula is C25H23ClN2O. The summed E-state index contributed by atoms with van der Waals surface area (Å²) in [5.74, 6) is 1.85. The summed E-state index contributed by atoms with van der Waals surface area (Å²) >= 11 is 6.03. The highest BCUT2D eigenvalue weighted by Gasteiger charge is 2.21. The number of piperazine rings is 1. The Kier molecular flexibility index (Phi) is 5.01. The number of benzene rings is 3. The first-order valence-electron chi connectivity index (χ1n) is 10.1. The van der Waals surface area contributed by atoms with Crippen molar-refractivity contribution >= 4 is 28.9 Å². The van der Waals surface area contributed by atoms with E-state index in [1.807, 2.05) is 30.3 Å². The predicted octanol–water partition coefficient (Wildman–Crippen LogP) is 5.81. The largest absolute Gasteiger partial charge is 0.456 e. The molecule has 0 bridgehead atoms. The zero-order chi connectivity index (χ0) is 19.6. The van der Waals surface area contributed by atoms with Crippen LogP contribution in [0.2, 0.25) is 5.02 Å². The zero-order valence-electron chi connectivity index (χ0n) is 16.2. The van der Waals surface area contributed by atoms with E-state index >= 15 is 0 Å². The van der Waals surface area contributed by atoms with Gasteiger partial charge in [-0.3, -0.25) is 4.90 Å². The molecule has 1 fully saturated rings. The van der Waals surface area contributed by atoms with Gasteiger partial charge in [0.1, 0.15) is 11.5 Å². The SMILES string of the molecule is Clc1ccc(N2CCN(CC3=Cc4ccccc4Oc4ccccc43)CC2)cc1. The second kappa shape index (κ2) is 7.94. The van der Waals surface area contributed by atoms with Gasteiger partial charge in [-0.15, -0.1) is 0 Å². The van der Waals surface area contributed by atoms with E-state index in [0.717, 1.165) is 54.8 Å². The van der Waals surface area contributed by atoms with Crippen LogP contribution in [0.4, 0.5) is 5.69 Å². The van der Waals surface area contributed by atoms with Gasteiger partial charge in [0.15, 0.2) is 0 Å². The highest BCUT2D eigenvalue weighted by atomic mass is 35.5. The number of nitrogens with zero attached hydrogens (tertiary/aromatic N) is 2. The van der Waals surface area contributed by atoms with Gasteiger partial charge in [-0.25, -0.2) is 0 Å². The fourth-order valence-corrected chi connectivity index (χ4v) is 4.21. The molecular weight excluding hydrogens is 380 g/mol. The number of rotatable bonds is 3. The molecule has 5 rings (SSSR count). The molecule has 2 aliphatic heterocycles. The van der Waals surface area contributed by atoms with Gasteiger partial charge in [-0.2, -0.15) is 0 Å². The van der Waals surface area contributed by atoms with Crippen LogP contribution in [0.1, 0.15) is 11.1 Å². The van der Waals surface area contributed by atoms with Crippen LogP contribution in [0, 0.1) is 0 Å². The third kappa shape index (κ3) is 3.89. The van der Waals surface area contributed by atoms with Crippen molar-refractivity contribution in [2.75, 3.05) is 37.6 Å². The molecule has 3 aromatic rings. The van der Waals surface area contributed by atoms with E-state index in [4.69, 9.17) is 16.3 Å². The van der Waals surface area contributed by atoms with Crippen LogP contribution < -0.4 is 9.64 Å². The summed E-state index contributed by atoms with van der Waals surface area (Å²) in [6.45, 7) is 5.02. The lowest BCUT2D eigenvalue weighted by atomic mass is 10.0. The fraction of sp³-hybridized carbons (Fsp3) is 0.200. The Bertz CT molecular complexity index is 1040. The van der Waals surface area contributed by atoms with Gasteiger partial charge in [0, 0.05) is 54.6 Å². The third-order valence-electron chi connectivity index (χ3n) is 5.66. The van der Waals surface area contributed by atoms with Crippen LogP contribution >= 0.6 is 11.6 Å². The van der Waals surface area contributed by atoms with Crippen molar-refractivity contribution in [3.8, 4) is 11.5 Å². The second-order valence-electron chi connectivity index (χ2n) is 7.55. The Hall–Kier alpha value is -2.75. The normalized spacial score (nSPS) is 16.3. The number of anilines is 1. The van der Waals surface area contributed by atoms with E-state index in [2.05, 4.69) is 58.3 Å². The average Bonchev–Trinajstić information content (AvgIpc) is 2.91. The molecule has 0 atom stereocenters. The minimum atomic E-state index is 0.786. The fourth-order valence-electron chi connectivity index (χ4n) is 4.09. The first-order valence-corrected chi connectivity index (χ1v) is 10.4. The Balaban J connectivity index is 1.35. The molecule has 0 N–H and O–H groups in total. The molecule has 0 saturated carbocycles. The van der Waals surface area contributed by atoms with Gasteiger partial charge in [0.25, 0.3) is 0 Å². The maximum atomic E-state index is 6.22. The van der Waals surface area contributed by atoms with Crippen LogP contribution in [0.3, 0.4) is 0 Å². The number of halogens is 1. The summed E-state index contributed by atoms with van der Waals surface area (Å²) in [5.41, 5.74) is 4.88. The first-order chi connectivity index (χ1) is 14.3. The van der Waals surface area contributed by atoms with Crippen LogP contribution in [-0.2, 0) is 0 Å². The summed E-state index contributed by atoms with van der Waals surface area (Å²) in [6.07, 6.45) is 2.28. The van der Waals surface area contributed by atoms with E-state index < -0.39 is 0 Å². The van der Waals surface area contributed by atoms with E-state index in [0.29, 0.717) is 0 Å². The second-order valence-corrected chi connectivity index (χ2v) is 7.98. The number of hydrogen-bond acceptors (Lipinski definition) is 3. The maximum Gasteiger partial charge on any atom is 0.135 e. The van der Waals surface area contributed by atoms with Crippen molar-refractivity contribution in [2.24, 2.45) is 0 Å². The van der Waals surface area contributed by atoms with Crippen molar-refractivity contribution in [1.29, 1.82) is 0 Å². The quantitative estimate of drug-likeness (QED) is 0.550. The number of ether oxygens (including phenoxy) is 1. The highest BCUT2D eigenvalue weighted by molar-refractivity contribution is 6.30. The molecule has 3 aromatic carbocycles. The summed E-state index contributed by atoms with van der Waals surface area (Å²) in [6, 6.07) is 24.7. The third-order valence-corrected chi connectivity index (χ3v) is 5.91. The van der Waals surface area contributed by atoms with E-state index in [-0.39, 0.29) is 0 Å². The number of fused-ring (bicyclic) bond motifs is 2. The molecule has 0 radical (unpaired) electrons. The van der Waals surface area contributed by atoms with E-state index in [9.17, 15) is 0 Å². The number of hydrogen-bond donors (Lipinski definition) is 0. The molecule has 146 valence electrons. The van der Waals surface area contributed by atoms with Gasteiger partial charge in [0.2, 0.25) is 0 Å². The lowest BCUT2D eigenvalue weighted by Crippen LogP contribution is -2.46. The molecule has 0 aromatic heterocycles. The van der Waals surface area contributed by atoms with Gasteiger partial charge in [-0.1, -0.05) is 48.0 Å². The average molecular weight is 403 g/mol. The Morgan fingerprint density at radius 3 is 2.24 bits per heavy atom.